The second-order valence-corrected chi connectivity index (χ2v) is 6.86. The number of rotatable bonds is 6. The van der Waals surface area contributed by atoms with E-state index in [1.54, 1.807) is 18.2 Å². The Morgan fingerprint density at radius 3 is 2.35 bits per heavy atom. The number of ketones is 1. The van der Waals surface area contributed by atoms with Crippen LogP contribution >= 0.6 is 11.3 Å². The van der Waals surface area contributed by atoms with Gasteiger partial charge >= 0.3 is 5.97 Å². The van der Waals surface area contributed by atoms with Gasteiger partial charge in [-0.05, 0) is 34.9 Å². The number of Topliss-reactive ketones (excluding diaryl/α,β-unsaturated/α-hetero) is 1. The Morgan fingerprint density at radius 1 is 1.00 bits per heavy atom. The maximum Gasteiger partial charge on any atom is 0.310 e. The molecule has 0 aliphatic heterocycles. The van der Waals surface area contributed by atoms with Crippen molar-refractivity contribution in [1.82, 2.24) is 0 Å². The molecule has 3 aromatic rings. The van der Waals surface area contributed by atoms with E-state index in [0.29, 0.717) is 4.88 Å². The summed E-state index contributed by atoms with van der Waals surface area (Å²) >= 11 is 1.36. The number of halogens is 1. The Bertz CT molecular complexity index is 914. The molecule has 26 heavy (non-hydrogen) atoms. The second kappa shape index (κ2) is 8.06. The molecule has 1 heterocycles. The maximum absolute atomic E-state index is 13.0. The van der Waals surface area contributed by atoms with Gasteiger partial charge in [-0.15, -0.1) is 11.3 Å². The average molecular weight is 368 g/mol. The van der Waals surface area contributed by atoms with Gasteiger partial charge in [0.15, 0.2) is 5.78 Å². The van der Waals surface area contributed by atoms with Crippen LogP contribution in [-0.2, 0) is 22.4 Å². The minimum absolute atomic E-state index is 0.0603. The third-order valence-electron chi connectivity index (χ3n) is 3.96. The van der Waals surface area contributed by atoms with E-state index in [0.717, 1.165) is 21.6 Å². The van der Waals surface area contributed by atoms with Crippen LogP contribution in [0.4, 0.5) is 4.39 Å². The molecule has 0 saturated heterocycles. The summed E-state index contributed by atoms with van der Waals surface area (Å²) in [7, 11) is 1.34. The van der Waals surface area contributed by atoms with Crippen molar-refractivity contribution in [2.24, 2.45) is 0 Å². The third-order valence-corrected chi connectivity index (χ3v) is 5.23. The van der Waals surface area contributed by atoms with Gasteiger partial charge in [0.1, 0.15) is 5.82 Å². The van der Waals surface area contributed by atoms with Gasteiger partial charge in [-0.2, -0.15) is 0 Å². The zero-order valence-electron chi connectivity index (χ0n) is 14.2. The number of carbonyl (C=O) groups excluding carboxylic acids is 2. The normalized spacial score (nSPS) is 10.5. The molecule has 132 valence electrons. The van der Waals surface area contributed by atoms with Gasteiger partial charge in [0.05, 0.1) is 18.4 Å². The van der Waals surface area contributed by atoms with Crippen LogP contribution in [0.15, 0.2) is 60.7 Å². The number of ether oxygens (including phenoxy) is 1. The van der Waals surface area contributed by atoms with Crippen LogP contribution in [0.2, 0.25) is 0 Å². The SMILES string of the molecule is COC(=O)Cc1cc(C(=O)Cc2ccc(F)cc2)sc1-c1ccccc1. The number of methoxy groups -OCH3 is 1. The molecule has 0 radical (unpaired) electrons. The van der Waals surface area contributed by atoms with Crippen LogP contribution in [-0.4, -0.2) is 18.9 Å². The highest BCUT2D eigenvalue weighted by Gasteiger charge is 2.18. The van der Waals surface area contributed by atoms with Crippen molar-refractivity contribution in [3.63, 3.8) is 0 Å². The first kappa shape index (κ1) is 18.0. The molecule has 0 amide bonds. The summed E-state index contributed by atoms with van der Waals surface area (Å²) in [4.78, 5) is 25.8. The molecule has 0 aliphatic carbocycles. The van der Waals surface area contributed by atoms with Gasteiger partial charge in [0, 0.05) is 11.3 Å². The Morgan fingerprint density at radius 2 is 1.69 bits per heavy atom. The number of esters is 1. The zero-order valence-corrected chi connectivity index (χ0v) is 15.0. The van der Waals surface area contributed by atoms with E-state index in [1.807, 2.05) is 30.3 Å². The summed E-state index contributed by atoms with van der Waals surface area (Å²) in [6.45, 7) is 0. The van der Waals surface area contributed by atoms with Crippen molar-refractivity contribution in [3.8, 4) is 10.4 Å². The summed E-state index contributed by atoms with van der Waals surface area (Å²) in [6, 6.07) is 17.3. The molecule has 1 aromatic heterocycles. The van der Waals surface area contributed by atoms with E-state index >= 15 is 0 Å². The van der Waals surface area contributed by atoms with Crippen molar-refractivity contribution in [1.29, 1.82) is 0 Å². The molecule has 0 spiro atoms. The van der Waals surface area contributed by atoms with Crippen LogP contribution in [0.25, 0.3) is 10.4 Å². The Balaban J connectivity index is 1.90. The van der Waals surface area contributed by atoms with Gasteiger partial charge in [0.25, 0.3) is 0 Å². The number of hydrogen-bond donors (Lipinski definition) is 0. The second-order valence-electron chi connectivity index (χ2n) is 5.81. The highest BCUT2D eigenvalue weighted by molar-refractivity contribution is 7.17. The van der Waals surface area contributed by atoms with Gasteiger partial charge in [-0.3, -0.25) is 9.59 Å². The number of thiophene rings is 1. The highest BCUT2D eigenvalue weighted by atomic mass is 32.1. The molecule has 0 fully saturated rings. The first-order valence-electron chi connectivity index (χ1n) is 8.09. The summed E-state index contributed by atoms with van der Waals surface area (Å²) < 4.78 is 17.8. The molecular formula is C21H17FO3S. The van der Waals surface area contributed by atoms with Crippen molar-refractivity contribution >= 4 is 23.1 Å². The van der Waals surface area contributed by atoms with Gasteiger partial charge in [-0.1, -0.05) is 42.5 Å². The van der Waals surface area contributed by atoms with Gasteiger partial charge in [0.2, 0.25) is 0 Å². The predicted molar refractivity (Wildman–Crippen MR) is 99.9 cm³/mol. The monoisotopic (exact) mass is 368 g/mol. The Kier molecular flexibility index (Phi) is 5.58. The topological polar surface area (TPSA) is 43.4 Å². The molecule has 0 aliphatic rings. The summed E-state index contributed by atoms with van der Waals surface area (Å²) in [5.74, 6) is -0.739. The van der Waals surface area contributed by atoms with E-state index in [-0.39, 0.29) is 30.4 Å². The Labute approximate surface area is 155 Å². The van der Waals surface area contributed by atoms with Crippen molar-refractivity contribution in [2.75, 3.05) is 7.11 Å². The zero-order chi connectivity index (χ0) is 18.5. The number of benzene rings is 2. The maximum atomic E-state index is 13.0. The van der Waals surface area contributed by atoms with E-state index < -0.39 is 0 Å². The molecule has 3 nitrogen and oxygen atoms in total. The molecule has 0 saturated carbocycles. The van der Waals surface area contributed by atoms with Crippen LogP contribution < -0.4 is 0 Å². The van der Waals surface area contributed by atoms with E-state index in [4.69, 9.17) is 4.74 Å². The Hall–Kier alpha value is -2.79. The lowest BCUT2D eigenvalue weighted by atomic mass is 10.0. The van der Waals surface area contributed by atoms with E-state index in [9.17, 15) is 14.0 Å². The molecule has 2 aromatic carbocycles. The standard InChI is InChI=1S/C21H17FO3S/c1-25-20(24)13-16-12-19(26-21(16)15-5-3-2-4-6-15)18(23)11-14-7-9-17(22)10-8-14/h2-10,12H,11,13H2,1H3. The fourth-order valence-corrected chi connectivity index (χ4v) is 3.76. The third kappa shape index (κ3) is 4.24. The average Bonchev–Trinajstić information content (AvgIpc) is 3.08. The molecule has 0 bridgehead atoms. The van der Waals surface area contributed by atoms with Crippen molar-refractivity contribution < 1.29 is 18.7 Å². The van der Waals surface area contributed by atoms with E-state index in [1.165, 1.54) is 30.6 Å². The van der Waals surface area contributed by atoms with Gasteiger partial charge < -0.3 is 4.74 Å². The highest BCUT2D eigenvalue weighted by Crippen LogP contribution is 2.34. The van der Waals surface area contributed by atoms with Crippen LogP contribution in [0, 0.1) is 5.82 Å². The minimum Gasteiger partial charge on any atom is -0.469 e. The lowest BCUT2D eigenvalue weighted by molar-refractivity contribution is -0.139. The molecule has 3 rings (SSSR count). The summed E-state index contributed by atoms with van der Waals surface area (Å²) in [5.41, 5.74) is 2.48. The van der Waals surface area contributed by atoms with Crippen LogP contribution in [0.3, 0.4) is 0 Å². The molecular weight excluding hydrogens is 351 g/mol. The first-order valence-corrected chi connectivity index (χ1v) is 8.91. The molecule has 0 N–H and O–H groups in total. The molecule has 0 atom stereocenters. The fourth-order valence-electron chi connectivity index (χ4n) is 2.63. The smallest absolute Gasteiger partial charge is 0.310 e. The fraction of sp³-hybridized carbons (Fsp3) is 0.143. The molecule has 5 heteroatoms. The van der Waals surface area contributed by atoms with E-state index in [2.05, 4.69) is 0 Å². The quantitative estimate of drug-likeness (QED) is 0.468. The summed E-state index contributed by atoms with van der Waals surface area (Å²) in [5, 5.41) is 0. The van der Waals surface area contributed by atoms with Crippen molar-refractivity contribution in [2.45, 2.75) is 12.8 Å². The van der Waals surface area contributed by atoms with Crippen molar-refractivity contribution in [3.05, 3.63) is 82.5 Å². The first-order chi connectivity index (χ1) is 12.6. The summed E-state index contributed by atoms with van der Waals surface area (Å²) in [6.07, 6.45) is 0.299. The van der Waals surface area contributed by atoms with Crippen LogP contribution in [0.1, 0.15) is 20.8 Å². The minimum atomic E-state index is -0.350. The van der Waals surface area contributed by atoms with Gasteiger partial charge in [-0.25, -0.2) is 4.39 Å². The lowest BCUT2D eigenvalue weighted by Crippen LogP contribution is -2.05. The van der Waals surface area contributed by atoms with Crippen LogP contribution in [0.5, 0.6) is 0 Å². The largest absolute Gasteiger partial charge is 0.469 e. The predicted octanol–water partition coefficient (Wildman–Crippen LogP) is 4.70. The number of hydrogen-bond acceptors (Lipinski definition) is 4. The number of carbonyl (C=O) groups is 2. The molecule has 0 unspecified atom stereocenters. The lowest BCUT2D eigenvalue weighted by Gasteiger charge is -2.02.